The van der Waals surface area contributed by atoms with Crippen molar-refractivity contribution in [3.63, 3.8) is 0 Å². The first-order valence-corrected chi connectivity index (χ1v) is 6.93. The van der Waals surface area contributed by atoms with Gasteiger partial charge in [0.25, 0.3) is 9.05 Å². The van der Waals surface area contributed by atoms with Gasteiger partial charge in [-0.05, 0) is 13.8 Å². The topological polar surface area (TPSA) is 67.3 Å². The van der Waals surface area contributed by atoms with Crippen LogP contribution in [0.25, 0.3) is 0 Å². The van der Waals surface area contributed by atoms with E-state index in [1.807, 2.05) is 0 Å². The summed E-state index contributed by atoms with van der Waals surface area (Å²) in [6, 6.07) is 0. The summed E-state index contributed by atoms with van der Waals surface area (Å²) in [7, 11) is 1.36. The monoisotopic (exact) mass is 255 g/mol. The van der Waals surface area contributed by atoms with Crippen molar-refractivity contribution in [1.82, 2.24) is 4.98 Å². The fourth-order valence-corrected chi connectivity index (χ4v) is 3.07. The van der Waals surface area contributed by atoms with Gasteiger partial charge in [-0.15, -0.1) is 11.3 Å². The number of rotatable bonds is 3. The first kappa shape index (κ1) is 11.9. The van der Waals surface area contributed by atoms with Gasteiger partial charge in [-0.2, -0.15) is 0 Å². The smallest absolute Gasteiger partial charge is 0.288 e. The SMILES string of the molecule is CC(C)(O)Cc1cnc(S(=O)(=O)Cl)s1. The molecule has 1 aromatic rings. The van der Waals surface area contributed by atoms with Crippen LogP contribution in [-0.4, -0.2) is 24.1 Å². The molecular formula is C7H10ClNO3S2. The van der Waals surface area contributed by atoms with Crippen molar-refractivity contribution in [3.8, 4) is 0 Å². The molecule has 0 saturated heterocycles. The molecule has 14 heavy (non-hydrogen) atoms. The zero-order valence-electron chi connectivity index (χ0n) is 7.69. The van der Waals surface area contributed by atoms with Crippen molar-refractivity contribution in [1.29, 1.82) is 0 Å². The Kier molecular flexibility index (Phi) is 3.20. The maximum atomic E-state index is 10.9. The highest BCUT2D eigenvalue weighted by atomic mass is 35.7. The quantitative estimate of drug-likeness (QED) is 0.829. The van der Waals surface area contributed by atoms with Crippen LogP contribution in [0.5, 0.6) is 0 Å². The number of aromatic nitrogens is 1. The maximum Gasteiger partial charge on any atom is 0.288 e. The van der Waals surface area contributed by atoms with E-state index in [1.54, 1.807) is 13.8 Å². The third-order valence-electron chi connectivity index (χ3n) is 1.35. The van der Waals surface area contributed by atoms with Crippen molar-refractivity contribution in [2.75, 3.05) is 0 Å². The van der Waals surface area contributed by atoms with Crippen molar-refractivity contribution >= 4 is 31.1 Å². The summed E-state index contributed by atoms with van der Waals surface area (Å²) in [6.45, 7) is 3.28. The van der Waals surface area contributed by atoms with Crippen molar-refractivity contribution in [3.05, 3.63) is 11.1 Å². The van der Waals surface area contributed by atoms with Crippen molar-refractivity contribution < 1.29 is 13.5 Å². The van der Waals surface area contributed by atoms with Gasteiger partial charge in [-0.25, -0.2) is 13.4 Å². The lowest BCUT2D eigenvalue weighted by Gasteiger charge is -2.14. The minimum Gasteiger partial charge on any atom is -0.390 e. The normalized spacial score (nSPS) is 13.1. The van der Waals surface area contributed by atoms with E-state index in [0.29, 0.717) is 11.3 Å². The summed E-state index contributed by atoms with van der Waals surface area (Å²) < 4.78 is 21.6. The van der Waals surface area contributed by atoms with Crippen LogP contribution in [0.2, 0.25) is 0 Å². The molecule has 1 N–H and O–H groups in total. The van der Waals surface area contributed by atoms with E-state index in [0.717, 1.165) is 11.3 Å². The molecule has 1 heterocycles. The highest BCUT2D eigenvalue weighted by Crippen LogP contribution is 2.24. The van der Waals surface area contributed by atoms with E-state index in [-0.39, 0.29) is 4.34 Å². The van der Waals surface area contributed by atoms with Gasteiger partial charge in [0.2, 0.25) is 4.34 Å². The number of hydrogen-bond donors (Lipinski definition) is 1. The molecule has 4 nitrogen and oxygen atoms in total. The molecule has 0 aliphatic heterocycles. The molecule has 0 amide bonds. The first-order chi connectivity index (χ1) is 6.18. The average molecular weight is 256 g/mol. The van der Waals surface area contributed by atoms with Crippen LogP contribution in [-0.2, 0) is 15.5 Å². The van der Waals surface area contributed by atoms with Gasteiger partial charge in [-0.1, -0.05) is 0 Å². The second-order valence-electron chi connectivity index (χ2n) is 3.52. The molecule has 0 aliphatic rings. The molecule has 0 aromatic carbocycles. The number of halogens is 1. The lowest BCUT2D eigenvalue weighted by molar-refractivity contribution is 0.0818. The van der Waals surface area contributed by atoms with Gasteiger partial charge in [0, 0.05) is 28.2 Å². The Balaban J connectivity index is 2.90. The highest BCUT2D eigenvalue weighted by Gasteiger charge is 2.19. The Labute approximate surface area is 91.0 Å². The summed E-state index contributed by atoms with van der Waals surface area (Å²) in [5, 5.41) is 9.48. The second-order valence-corrected chi connectivity index (χ2v) is 7.37. The van der Waals surface area contributed by atoms with E-state index in [1.165, 1.54) is 6.20 Å². The molecule has 1 aromatic heterocycles. The first-order valence-electron chi connectivity index (χ1n) is 3.80. The zero-order valence-corrected chi connectivity index (χ0v) is 10.1. The Morgan fingerprint density at radius 3 is 2.57 bits per heavy atom. The Hall–Kier alpha value is -0.170. The van der Waals surface area contributed by atoms with Gasteiger partial charge in [0.1, 0.15) is 0 Å². The lowest BCUT2D eigenvalue weighted by atomic mass is 10.1. The molecule has 80 valence electrons. The lowest BCUT2D eigenvalue weighted by Crippen LogP contribution is -2.21. The Bertz CT molecular complexity index is 418. The van der Waals surface area contributed by atoms with Crippen molar-refractivity contribution in [2.24, 2.45) is 0 Å². The number of nitrogens with zero attached hydrogens (tertiary/aromatic N) is 1. The van der Waals surface area contributed by atoms with E-state index >= 15 is 0 Å². The fraction of sp³-hybridized carbons (Fsp3) is 0.571. The second kappa shape index (κ2) is 3.77. The van der Waals surface area contributed by atoms with Crippen LogP contribution < -0.4 is 0 Å². The molecule has 7 heteroatoms. The molecule has 0 aliphatic carbocycles. The minimum absolute atomic E-state index is 0.126. The van der Waals surface area contributed by atoms with Crippen molar-refractivity contribution in [2.45, 2.75) is 30.2 Å². The van der Waals surface area contributed by atoms with Gasteiger partial charge < -0.3 is 5.11 Å². The summed E-state index contributed by atoms with van der Waals surface area (Å²) in [4.78, 5) is 4.35. The molecule has 0 unspecified atom stereocenters. The predicted molar refractivity (Wildman–Crippen MR) is 55.2 cm³/mol. The van der Waals surface area contributed by atoms with Gasteiger partial charge in [-0.3, -0.25) is 0 Å². The van der Waals surface area contributed by atoms with Crippen LogP contribution in [0, 0.1) is 0 Å². The van der Waals surface area contributed by atoms with Crippen LogP contribution in [0.4, 0.5) is 0 Å². The average Bonchev–Trinajstić information content (AvgIpc) is 2.29. The molecule has 0 atom stereocenters. The summed E-state index contributed by atoms with van der Waals surface area (Å²) in [5.41, 5.74) is -0.875. The summed E-state index contributed by atoms with van der Waals surface area (Å²) in [5.74, 6) is 0. The van der Waals surface area contributed by atoms with Crippen LogP contribution in [0.3, 0.4) is 0 Å². The van der Waals surface area contributed by atoms with Gasteiger partial charge in [0.05, 0.1) is 5.60 Å². The van der Waals surface area contributed by atoms with E-state index in [2.05, 4.69) is 4.98 Å². The van der Waals surface area contributed by atoms with Gasteiger partial charge >= 0.3 is 0 Å². The molecule has 0 bridgehead atoms. The largest absolute Gasteiger partial charge is 0.390 e. The number of aliphatic hydroxyl groups is 1. The molecule has 0 saturated carbocycles. The van der Waals surface area contributed by atoms with Crippen LogP contribution in [0.1, 0.15) is 18.7 Å². The minimum atomic E-state index is -3.74. The van der Waals surface area contributed by atoms with E-state index < -0.39 is 14.7 Å². The molecular weight excluding hydrogens is 246 g/mol. The summed E-state index contributed by atoms with van der Waals surface area (Å²) in [6.07, 6.45) is 1.77. The van der Waals surface area contributed by atoms with Crippen LogP contribution >= 0.6 is 22.0 Å². The Morgan fingerprint density at radius 1 is 1.64 bits per heavy atom. The standard InChI is InChI=1S/C7H10ClNO3S2/c1-7(2,10)3-5-4-9-6(13-5)14(8,11)12/h4,10H,3H2,1-2H3. The fourth-order valence-electron chi connectivity index (χ4n) is 0.910. The van der Waals surface area contributed by atoms with E-state index in [9.17, 15) is 13.5 Å². The maximum absolute atomic E-state index is 10.9. The molecule has 0 radical (unpaired) electrons. The highest BCUT2D eigenvalue weighted by molar-refractivity contribution is 8.14. The van der Waals surface area contributed by atoms with E-state index in [4.69, 9.17) is 10.7 Å². The third kappa shape index (κ3) is 3.53. The molecule has 1 rings (SSSR count). The van der Waals surface area contributed by atoms with Crippen LogP contribution in [0.15, 0.2) is 10.5 Å². The zero-order chi connectivity index (χ0) is 11.0. The van der Waals surface area contributed by atoms with Gasteiger partial charge in [0.15, 0.2) is 0 Å². The number of hydrogen-bond acceptors (Lipinski definition) is 5. The molecule has 0 spiro atoms. The number of thiazole rings is 1. The molecule has 0 fully saturated rings. The third-order valence-corrected chi connectivity index (χ3v) is 4.28. The summed E-state index contributed by atoms with van der Waals surface area (Å²) >= 11 is 0.976. The predicted octanol–water partition coefficient (Wildman–Crippen LogP) is 1.38. The Morgan fingerprint density at radius 2 is 2.21 bits per heavy atom.